The molecule has 0 amide bonds. The van der Waals surface area contributed by atoms with E-state index in [1.807, 2.05) is 34.6 Å². The summed E-state index contributed by atoms with van der Waals surface area (Å²) in [6, 6.07) is 0. The summed E-state index contributed by atoms with van der Waals surface area (Å²) in [7, 11) is 1.42. The lowest BCUT2D eigenvalue weighted by molar-refractivity contribution is -0.159. The average molecular weight is 519 g/mol. The largest absolute Gasteiger partial charge is 0.481 e. The van der Waals surface area contributed by atoms with Crippen LogP contribution in [0.3, 0.4) is 0 Å². The maximum atomic E-state index is 11.6. The third kappa shape index (κ3) is 16.7. The number of esters is 3. The topological polar surface area (TPSA) is 154 Å². The molecular formula is C26H46O10. The van der Waals surface area contributed by atoms with E-state index in [9.17, 15) is 24.0 Å². The van der Waals surface area contributed by atoms with Gasteiger partial charge in [0.25, 0.3) is 0 Å². The van der Waals surface area contributed by atoms with Crippen LogP contribution < -0.4 is 0 Å². The molecule has 0 heterocycles. The van der Waals surface area contributed by atoms with Crippen molar-refractivity contribution in [2.75, 3.05) is 20.3 Å². The first-order valence-electron chi connectivity index (χ1n) is 11.8. The maximum absolute atomic E-state index is 11.6. The summed E-state index contributed by atoms with van der Waals surface area (Å²) in [6.45, 7) is 19.5. The van der Waals surface area contributed by atoms with Crippen molar-refractivity contribution in [3.05, 3.63) is 12.2 Å². The molecule has 0 fully saturated rings. The van der Waals surface area contributed by atoms with Crippen molar-refractivity contribution < 1.29 is 48.4 Å². The van der Waals surface area contributed by atoms with Crippen LogP contribution in [0, 0.1) is 16.2 Å². The van der Waals surface area contributed by atoms with E-state index in [-0.39, 0.29) is 42.6 Å². The Hall–Kier alpha value is -2.91. The molecule has 0 bridgehead atoms. The highest BCUT2D eigenvalue weighted by Gasteiger charge is 2.27. The summed E-state index contributed by atoms with van der Waals surface area (Å²) in [4.78, 5) is 54.2. The van der Waals surface area contributed by atoms with Gasteiger partial charge in [-0.2, -0.15) is 0 Å². The quantitative estimate of drug-likeness (QED) is 0.162. The molecule has 0 saturated heterocycles. The summed E-state index contributed by atoms with van der Waals surface area (Å²) < 4.78 is 14.2. The smallest absolute Gasteiger partial charge is 0.331 e. The highest BCUT2D eigenvalue weighted by Crippen LogP contribution is 2.21. The van der Waals surface area contributed by atoms with Gasteiger partial charge in [0.1, 0.15) is 13.2 Å². The molecule has 0 saturated carbocycles. The minimum atomic E-state index is -1.24. The number of rotatable bonds is 12. The van der Waals surface area contributed by atoms with Gasteiger partial charge in [-0.1, -0.05) is 27.4 Å². The minimum Gasteiger partial charge on any atom is -0.481 e. The molecule has 0 aromatic heterocycles. The Labute approximate surface area is 215 Å². The van der Waals surface area contributed by atoms with Crippen LogP contribution in [0.4, 0.5) is 0 Å². The number of methoxy groups -OCH3 is 1. The first-order valence-corrected chi connectivity index (χ1v) is 11.8. The summed E-state index contributed by atoms with van der Waals surface area (Å²) in [6.07, 6.45) is 1.76. The van der Waals surface area contributed by atoms with Crippen LogP contribution in [0.2, 0.25) is 0 Å². The molecule has 0 aliphatic heterocycles. The molecule has 10 heteroatoms. The highest BCUT2D eigenvalue weighted by atomic mass is 16.6. The molecule has 0 atom stereocenters. The summed E-state index contributed by atoms with van der Waals surface area (Å²) in [5.74, 6) is -3.17. The van der Waals surface area contributed by atoms with E-state index < -0.39 is 28.7 Å². The fraction of sp³-hybridized carbons (Fsp3) is 0.731. The van der Waals surface area contributed by atoms with Gasteiger partial charge in [-0.15, -0.1) is 0 Å². The van der Waals surface area contributed by atoms with Gasteiger partial charge < -0.3 is 24.4 Å². The standard InChI is InChI=1S/C13H20O6.C7H14O2.C6H12O2/c1-5-13(3,4)12(17)19-7-6-18-10(14)8-9(2)11(15)16;1-5-7(2,3)6(8)9-4;1-4-6(2,3)5(7)8/h2,5-8H2,1,3-4H3,(H,15,16);5H2,1-4H3;4H2,1-3H3,(H,7,8). The van der Waals surface area contributed by atoms with E-state index in [0.29, 0.717) is 12.8 Å². The zero-order valence-electron chi connectivity index (χ0n) is 23.6. The molecule has 0 radical (unpaired) electrons. The monoisotopic (exact) mass is 518 g/mol. The lowest BCUT2D eigenvalue weighted by Gasteiger charge is -2.20. The van der Waals surface area contributed by atoms with Gasteiger partial charge in [0.2, 0.25) is 0 Å². The Morgan fingerprint density at radius 1 is 0.694 bits per heavy atom. The minimum absolute atomic E-state index is 0.0481. The van der Waals surface area contributed by atoms with Gasteiger partial charge in [-0.3, -0.25) is 19.2 Å². The van der Waals surface area contributed by atoms with E-state index in [0.717, 1.165) is 6.42 Å². The second-order valence-electron chi connectivity index (χ2n) is 9.95. The third-order valence-electron chi connectivity index (χ3n) is 5.76. The van der Waals surface area contributed by atoms with Gasteiger partial charge in [-0.25, -0.2) is 4.79 Å². The van der Waals surface area contributed by atoms with Crippen LogP contribution in [-0.4, -0.2) is 60.4 Å². The number of carboxylic acid groups (broad SMARTS) is 2. The summed E-state index contributed by atoms with van der Waals surface area (Å²) >= 11 is 0. The highest BCUT2D eigenvalue weighted by molar-refractivity contribution is 5.91. The zero-order chi connectivity index (χ0) is 29.3. The molecule has 0 aliphatic rings. The second kappa shape index (κ2) is 17.5. The zero-order valence-corrected chi connectivity index (χ0v) is 23.6. The number of hydrogen-bond acceptors (Lipinski definition) is 8. The Kier molecular flexibility index (Phi) is 18.3. The van der Waals surface area contributed by atoms with Crippen LogP contribution in [-0.2, 0) is 38.2 Å². The number of carbonyl (C=O) groups excluding carboxylic acids is 3. The molecule has 36 heavy (non-hydrogen) atoms. The van der Waals surface area contributed by atoms with Crippen molar-refractivity contribution in [1.29, 1.82) is 0 Å². The van der Waals surface area contributed by atoms with Crippen LogP contribution in [0.5, 0.6) is 0 Å². The van der Waals surface area contributed by atoms with Crippen molar-refractivity contribution in [2.45, 2.75) is 88.0 Å². The van der Waals surface area contributed by atoms with Crippen LogP contribution in [0.25, 0.3) is 0 Å². The molecule has 210 valence electrons. The Morgan fingerprint density at radius 2 is 1.08 bits per heavy atom. The predicted molar refractivity (Wildman–Crippen MR) is 135 cm³/mol. The van der Waals surface area contributed by atoms with Crippen molar-refractivity contribution in [2.24, 2.45) is 16.2 Å². The SMILES string of the molecule is C=C(CC(=O)OCCOC(=O)C(C)(C)CC)C(=O)O.CCC(C)(C)C(=O)O.CCC(C)(C)C(=O)OC. The van der Waals surface area contributed by atoms with Gasteiger partial charge in [0.15, 0.2) is 0 Å². The number of carboxylic acids is 2. The molecule has 0 aliphatic carbocycles. The number of ether oxygens (including phenoxy) is 3. The van der Waals surface area contributed by atoms with Gasteiger partial charge in [0, 0.05) is 5.57 Å². The van der Waals surface area contributed by atoms with Gasteiger partial charge >= 0.3 is 29.8 Å². The van der Waals surface area contributed by atoms with Crippen LogP contribution in [0.15, 0.2) is 12.2 Å². The second-order valence-corrected chi connectivity index (χ2v) is 9.95. The summed E-state index contributed by atoms with van der Waals surface area (Å²) in [5.41, 5.74) is -1.66. The van der Waals surface area contributed by atoms with Gasteiger partial charge in [0.05, 0.1) is 29.8 Å². The molecule has 0 spiro atoms. The predicted octanol–water partition coefficient (Wildman–Crippen LogP) is 4.64. The van der Waals surface area contributed by atoms with E-state index >= 15 is 0 Å². The third-order valence-corrected chi connectivity index (χ3v) is 5.76. The van der Waals surface area contributed by atoms with Crippen molar-refractivity contribution in [3.63, 3.8) is 0 Å². The number of aliphatic carboxylic acids is 2. The molecule has 10 nitrogen and oxygen atoms in total. The molecule has 0 aromatic rings. The number of carbonyl (C=O) groups is 5. The normalized spacial score (nSPS) is 10.9. The molecule has 0 aromatic carbocycles. The Balaban J connectivity index is -0.000000530. The van der Waals surface area contributed by atoms with Crippen LogP contribution >= 0.6 is 0 Å². The lowest BCUT2D eigenvalue weighted by Crippen LogP contribution is -2.27. The molecule has 0 unspecified atom stereocenters. The average Bonchev–Trinajstić information content (AvgIpc) is 2.81. The van der Waals surface area contributed by atoms with E-state index in [1.165, 1.54) is 7.11 Å². The molecule has 2 N–H and O–H groups in total. The lowest BCUT2D eigenvalue weighted by atomic mass is 9.91. The fourth-order valence-corrected chi connectivity index (χ4v) is 1.50. The van der Waals surface area contributed by atoms with Crippen molar-refractivity contribution in [1.82, 2.24) is 0 Å². The first kappa shape index (κ1) is 37.6. The number of hydrogen-bond donors (Lipinski definition) is 2. The molecular weight excluding hydrogens is 472 g/mol. The fourth-order valence-electron chi connectivity index (χ4n) is 1.50. The maximum Gasteiger partial charge on any atom is 0.331 e. The van der Waals surface area contributed by atoms with E-state index in [2.05, 4.69) is 11.3 Å². The van der Waals surface area contributed by atoms with E-state index in [1.54, 1.807) is 27.7 Å². The summed E-state index contributed by atoms with van der Waals surface area (Å²) in [5, 5.41) is 17.0. The van der Waals surface area contributed by atoms with Gasteiger partial charge in [-0.05, 0) is 60.8 Å². The first-order chi connectivity index (χ1) is 16.2. The van der Waals surface area contributed by atoms with Crippen LogP contribution in [0.1, 0.15) is 88.0 Å². The van der Waals surface area contributed by atoms with Crippen molar-refractivity contribution >= 4 is 29.8 Å². The Bertz CT molecular complexity index is 748. The molecule has 0 rings (SSSR count). The van der Waals surface area contributed by atoms with Crippen molar-refractivity contribution in [3.8, 4) is 0 Å². The Morgan fingerprint density at radius 3 is 1.36 bits per heavy atom. The van der Waals surface area contributed by atoms with E-state index in [4.69, 9.17) is 19.7 Å².